The predicted octanol–water partition coefficient (Wildman–Crippen LogP) is 5.69. The zero-order valence-corrected chi connectivity index (χ0v) is 19.0. The number of carbonyl (C=O) groups excluding carboxylic acids is 1. The lowest BCUT2D eigenvalue weighted by Crippen LogP contribution is -2.08. The highest BCUT2D eigenvalue weighted by Gasteiger charge is 2.30. The van der Waals surface area contributed by atoms with Crippen molar-refractivity contribution in [3.63, 3.8) is 0 Å². The predicted molar refractivity (Wildman–Crippen MR) is 133 cm³/mol. The van der Waals surface area contributed by atoms with Crippen LogP contribution in [0.25, 0.3) is 11.1 Å². The van der Waals surface area contributed by atoms with Crippen LogP contribution in [0, 0.1) is 5.82 Å². The number of nitrogens with one attached hydrogen (secondary N) is 3. The molecule has 5 N–H and O–H groups in total. The highest BCUT2D eigenvalue weighted by Crippen LogP contribution is 2.36. The second-order valence-electron chi connectivity index (χ2n) is 7.34. The third kappa shape index (κ3) is 6.47. The van der Waals surface area contributed by atoms with Crippen molar-refractivity contribution in [3.05, 3.63) is 90.7 Å². The zero-order valence-electron chi connectivity index (χ0n) is 19.0. The van der Waals surface area contributed by atoms with Crippen LogP contribution in [0.4, 0.5) is 40.4 Å². The van der Waals surface area contributed by atoms with Gasteiger partial charge in [0.25, 0.3) is 0 Å². The number of nitrogens with zero attached hydrogens (tertiary/aromatic N) is 2. The molecule has 0 aliphatic carbocycles. The van der Waals surface area contributed by atoms with E-state index in [0.717, 1.165) is 24.3 Å². The van der Waals surface area contributed by atoms with Gasteiger partial charge in [-0.15, -0.1) is 0 Å². The van der Waals surface area contributed by atoms with Gasteiger partial charge in [0.15, 0.2) is 0 Å². The topological polar surface area (TPSA) is 104 Å². The van der Waals surface area contributed by atoms with Crippen LogP contribution in [0.1, 0.15) is 5.56 Å². The Balaban J connectivity index is 2.06. The van der Waals surface area contributed by atoms with E-state index in [4.69, 9.17) is 5.73 Å². The Morgan fingerprint density at radius 3 is 2.42 bits per heavy atom. The van der Waals surface area contributed by atoms with Crippen molar-refractivity contribution in [2.24, 2.45) is 10.7 Å². The molecular formula is C25H22F4N6O. The molecule has 0 saturated heterocycles. The Hall–Kier alpha value is -4.67. The minimum atomic E-state index is -4.49. The molecule has 1 aromatic heterocycles. The fraction of sp³-hybridized carbons (Fsp3) is 0.0800. The van der Waals surface area contributed by atoms with Gasteiger partial charge < -0.3 is 21.7 Å². The molecule has 0 spiro atoms. The number of aliphatic imine (C=N–C) groups is 1. The molecule has 0 unspecified atom stereocenters. The lowest BCUT2D eigenvalue weighted by molar-refractivity contribution is -0.137. The van der Waals surface area contributed by atoms with Gasteiger partial charge in [-0.05, 0) is 42.0 Å². The summed E-state index contributed by atoms with van der Waals surface area (Å²) in [6, 6.07) is 9.93. The first kappa shape index (κ1) is 25.9. The van der Waals surface area contributed by atoms with E-state index < -0.39 is 23.5 Å². The molecule has 1 heterocycles. The van der Waals surface area contributed by atoms with Crippen molar-refractivity contribution in [1.29, 1.82) is 0 Å². The van der Waals surface area contributed by atoms with Crippen molar-refractivity contribution in [2.45, 2.75) is 6.18 Å². The molecule has 2 aromatic carbocycles. The Labute approximate surface area is 204 Å². The number of carbonyl (C=O) groups is 1. The molecule has 0 fully saturated rings. The molecule has 11 heteroatoms. The first-order valence-electron chi connectivity index (χ1n) is 10.4. The third-order valence-corrected chi connectivity index (χ3v) is 4.84. The van der Waals surface area contributed by atoms with Crippen LogP contribution in [-0.2, 0) is 11.0 Å². The number of nitrogens with two attached hydrogens (primary N) is 1. The summed E-state index contributed by atoms with van der Waals surface area (Å²) in [7, 11) is 1.56. The summed E-state index contributed by atoms with van der Waals surface area (Å²) in [5, 5.41) is 8.43. The molecule has 3 rings (SSSR count). The lowest BCUT2D eigenvalue weighted by Gasteiger charge is -2.16. The highest BCUT2D eigenvalue weighted by molar-refractivity contribution is 5.99. The monoisotopic (exact) mass is 498 g/mol. The number of halogens is 4. The number of benzene rings is 2. The van der Waals surface area contributed by atoms with Gasteiger partial charge in [-0.3, -0.25) is 9.79 Å². The third-order valence-electron chi connectivity index (χ3n) is 4.84. The smallest absolute Gasteiger partial charge is 0.403 e. The van der Waals surface area contributed by atoms with Crippen LogP contribution < -0.4 is 21.7 Å². The maximum Gasteiger partial charge on any atom is 0.416 e. The summed E-state index contributed by atoms with van der Waals surface area (Å²) >= 11 is 0. The minimum absolute atomic E-state index is 0.00638. The van der Waals surface area contributed by atoms with E-state index in [0.29, 0.717) is 34.0 Å². The Morgan fingerprint density at radius 2 is 1.81 bits per heavy atom. The second kappa shape index (κ2) is 11.2. The number of amides is 1. The molecule has 0 atom stereocenters. The molecule has 36 heavy (non-hydrogen) atoms. The number of anilines is 4. The van der Waals surface area contributed by atoms with Crippen molar-refractivity contribution >= 4 is 35.0 Å². The van der Waals surface area contributed by atoms with Gasteiger partial charge in [-0.2, -0.15) is 13.2 Å². The van der Waals surface area contributed by atoms with E-state index in [9.17, 15) is 22.4 Å². The van der Waals surface area contributed by atoms with E-state index in [1.165, 1.54) is 48.9 Å². The average molecular weight is 498 g/mol. The SMILES string of the molecule is C=CC(=O)Nc1ccc(F)c(Nc2cc(NC(C=NC)=CN)ncc2-c2ccc(C(F)(F)F)cc2)c1. The molecule has 0 bridgehead atoms. The number of pyridine rings is 1. The van der Waals surface area contributed by atoms with E-state index in [2.05, 4.69) is 32.5 Å². The van der Waals surface area contributed by atoms with Crippen molar-refractivity contribution in [2.75, 3.05) is 23.0 Å². The summed E-state index contributed by atoms with van der Waals surface area (Å²) in [6.45, 7) is 3.38. The highest BCUT2D eigenvalue weighted by atomic mass is 19.4. The largest absolute Gasteiger partial charge is 0.416 e. The van der Waals surface area contributed by atoms with E-state index in [1.807, 2.05) is 0 Å². The van der Waals surface area contributed by atoms with Crippen LogP contribution in [0.3, 0.4) is 0 Å². The first-order valence-corrected chi connectivity index (χ1v) is 10.4. The quantitative estimate of drug-likeness (QED) is 0.182. The molecule has 186 valence electrons. The molecule has 0 radical (unpaired) electrons. The van der Waals surface area contributed by atoms with Gasteiger partial charge >= 0.3 is 6.18 Å². The van der Waals surface area contributed by atoms with Gasteiger partial charge in [-0.1, -0.05) is 18.7 Å². The van der Waals surface area contributed by atoms with E-state index in [-0.39, 0.29) is 5.69 Å². The fourth-order valence-corrected chi connectivity index (χ4v) is 3.14. The van der Waals surface area contributed by atoms with Crippen LogP contribution in [0.2, 0.25) is 0 Å². The normalized spacial score (nSPS) is 11.9. The number of rotatable bonds is 8. The van der Waals surface area contributed by atoms with Crippen LogP contribution in [-0.4, -0.2) is 24.2 Å². The van der Waals surface area contributed by atoms with E-state index in [1.54, 1.807) is 7.05 Å². The van der Waals surface area contributed by atoms with Gasteiger partial charge in [0.05, 0.1) is 22.6 Å². The molecule has 0 aliphatic heterocycles. The molecule has 0 aliphatic rings. The van der Waals surface area contributed by atoms with Gasteiger partial charge in [0.1, 0.15) is 11.6 Å². The van der Waals surface area contributed by atoms with E-state index >= 15 is 0 Å². The second-order valence-corrected chi connectivity index (χ2v) is 7.34. The van der Waals surface area contributed by atoms with Crippen molar-refractivity contribution in [3.8, 4) is 11.1 Å². The number of hydrogen-bond acceptors (Lipinski definition) is 6. The standard InChI is InChI=1S/C25H22F4N6O/c1-3-24(36)34-17-8-9-20(26)22(10-17)35-21-11-23(33-18(12-30)13-31-2)32-14-19(21)15-4-6-16(7-5-15)25(27,28)29/h3-14H,1,30H2,2H3,(H,34,36)(H2,32,33,35). The van der Waals surface area contributed by atoms with Gasteiger partial charge in [0.2, 0.25) is 5.91 Å². The number of aromatic nitrogens is 1. The van der Waals surface area contributed by atoms with Crippen LogP contribution >= 0.6 is 0 Å². The summed E-state index contributed by atoms with van der Waals surface area (Å²) in [6.07, 6.45) is 0.742. The summed E-state index contributed by atoms with van der Waals surface area (Å²) < 4.78 is 53.7. The number of hydrogen-bond donors (Lipinski definition) is 4. The van der Waals surface area contributed by atoms with Crippen molar-refractivity contribution < 1.29 is 22.4 Å². The van der Waals surface area contributed by atoms with Crippen molar-refractivity contribution in [1.82, 2.24) is 4.98 Å². The zero-order chi connectivity index (χ0) is 26.3. The van der Waals surface area contributed by atoms with Gasteiger partial charge in [0, 0.05) is 43.0 Å². The van der Waals surface area contributed by atoms with Crippen LogP contribution in [0.15, 0.2) is 84.3 Å². The van der Waals surface area contributed by atoms with Crippen LogP contribution in [0.5, 0.6) is 0 Å². The van der Waals surface area contributed by atoms with Gasteiger partial charge in [-0.25, -0.2) is 9.37 Å². The molecule has 3 aromatic rings. The number of allylic oxidation sites excluding steroid dienone is 1. The molecule has 7 nitrogen and oxygen atoms in total. The Kier molecular flexibility index (Phi) is 8.05. The lowest BCUT2D eigenvalue weighted by atomic mass is 10.0. The minimum Gasteiger partial charge on any atom is -0.403 e. The summed E-state index contributed by atoms with van der Waals surface area (Å²) in [5.74, 6) is -0.801. The first-order chi connectivity index (χ1) is 17.1. The Bertz CT molecular complexity index is 1320. The summed E-state index contributed by atoms with van der Waals surface area (Å²) in [4.78, 5) is 19.8. The Morgan fingerprint density at radius 1 is 1.08 bits per heavy atom. The molecular weight excluding hydrogens is 476 g/mol. The summed E-state index contributed by atoms with van der Waals surface area (Å²) in [5.41, 5.74) is 6.65. The number of alkyl halides is 3. The average Bonchev–Trinajstić information content (AvgIpc) is 2.85. The molecule has 0 saturated carbocycles. The fourth-order valence-electron chi connectivity index (χ4n) is 3.14. The maximum absolute atomic E-state index is 14.7. The molecule has 1 amide bonds. The maximum atomic E-state index is 14.7.